The topological polar surface area (TPSA) is 0 Å². The second-order valence-electron chi connectivity index (χ2n) is 6.89. The van der Waals surface area contributed by atoms with Crippen LogP contribution in [-0.2, 0) is 0 Å². The molecule has 0 atom stereocenters. The van der Waals surface area contributed by atoms with Crippen molar-refractivity contribution in [3.63, 3.8) is 0 Å². The monoisotopic (exact) mass is 280 g/mol. The lowest BCUT2D eigenvalue weighted by molar-refractivity contribution is 0.837. The van der Waals surface area contributed by atoms with E-state index in [2.05, 4.69) is 78.8 Å². The second-order valence-corrected chi connectivity index (χ2v) is 6.89. The third-order valence-corrected chi connectivity index (χ3v) is 4.30. The van der Waals surface area contributed by atoms with Gasteiger partial charge in [0.05, 0.1) is 0 Å². The Bertz CT molecular complexity index is 596. The summed E-state index contributed by atoms with van der Waals surface area (Å²) in [5, 5.41) is 0. The molecule has 0 bridgehead atoms. The zero-order valence-corrected chi connectivity index (χ0v) is 14.5. The fourth-order valence-electron chi connectivity index (χ4n) is 3.41. The fraction of sp³-hybridized carbons (Fsp3) is 0.429. The molecule has 2 aromatic rings. The number of benzene rings is 2. The molecule has 0 radical (unpaired) electrons. The molecule has 112 valence electrons. The number of rotatable bonds is 3. The molecular formula is C21H28. The van der Waals surface area contributed by atoms with Crippen molar-refractivity contribution in [2.45, 2.75) is 60.3 Å². The van der Waals surface area contributed by atoms with Crippen LogP contribution >= 0.6 is 0 Å². The van der Waals surface area contributed by atoms with Crippen LogP contribution in [0.2, 0.25) is 0 Å². The highest BCUT2D eigenvalue weighted by molar-refractivity contribution is 5.78. The Balaban J connectivity index is 2.85. The van der Waals surface area contributed by atoms with Gasteiger partial charge in [-0.3, -0.25) is 0 Å². The Kier molecular flexibility index (Phi) is 4.56. The predicted octanol–water partition coefficient (Wildman–Crippen LogP) is 6.53. The van der Waals surface area contributed by atoms with Gasteiger partial charge in [-0.1, -0.05) is 63.6 Å². The molecule has 0 N–H and O–H groups in total. The highest BCUT2D eigenvalue weighted by atomic mass is 14.2. The van der Waals surface area contributed by atoms with E-state index in [1.165, 1.54) is 38.9 Å². The average Bonchev–Trinajstić information content (AvgIpc) is 2.37. The van der Waals surface area contributed by atoms with Crippen molar-refractivity contribution in [3.05, 3.63) is 58.1 Å². The van der Waals surface area contributed by atoms with E-state index in [1.54, 1.807) is 0 Å². The molecule has 0 heterocycles. The lowest BCUT2D eigenvalue weighted by atomic mass is 9.81. The fourth-order valence-corrected chi connectivity index (χ4v) is 3.41. The molecule has 0 aliphatic heterocycles. The maximum atomic E-state index is 2.31. The first-order valence-corrected chi connectivity index (χ1v) is 8.04. The third-order valence-electron chi connectivity index (χ3n) is 4.30. The molecule has 0 amide bonds. The molecule has 0 nitrogen and oxygen atoms in total. The van der Waals surface area contributed by atoms with Gasteiger partial charge in [-0.2, -0.15) is 0 Å². The van der Waals surface area contributed by atoms with Crippen LogP contribution in [0.5, 0.6) is 0 Å². The normalized spacial score (nSPS) is 11.5. The summed E-state index contributed by atoms with van der Waals surface area (Å²) in [6.07, 6.45) is 0. The summed E-state index contributed by atoms with van der Waals surface area (Å²) in [6.45, 7) is 15.8. The minimum atomic E-state index is 0.541. The van der Waals surface area contributed by atoms with Crippen LogP contribution in [0.4, 0.5) is 0 Å². The molecule has 2 aromatic carbocycles. The molecule has 0 saturated heterocycles. The first-order chi connectivity index (χ1) is 9.82. The minimum Gasteiger partial charge on any atom is -0.0617 e. The van der Waals surface area contributed by atoms with E-state index in [0.29, 0.717) is 11.8 Å². The molecule has 0 aliphatic rings. The Morgan fingerprint density at radius 2 is 1.10 bits per heavy atom. The number of hydrogen-bond acceptors (Lipinski definition) is 0. The van der Waals surface area contributed by atoms with Crippen LogP contribution in [0.15, 0.2) is 30.3 Å². The van der Waals surface area contributed by atoms with Crippen molar-refractivity contribution in [2.75, 3.05) is 0 Å². The lowest BCUT2D eigenvalue weighted by Gasteiger charge is -2.23. The zero-order chi connectivity index (χ0) is 15.7. The van der Waals surface area contributed by atoms with Crippen molar-refractivity contribution >= 4 is 0 Å². The van der Waals surface area contributed by atoms with Crippen molar-refractivity contribution in [2.24, 2.45) is 0 Å². The van der Waals surface area contributed by atoms with E-state index in [1.807, 2.05) is 0 Å². The molecule has 0 fully saturated rings. The predicted molar refractivity (Wildman–Crippen MR) is 94.3 cm³/mol. The molecule has 0 saturated carbocycles. The van der Waals surface area contributed by atoms with Gasteiger partial charge in [0.25, 0.3) is 0 Å². The van der Waals surface area contributed by atoms with Crippen LogP contribution in [0.25, 0.3) is 11.1 Å². The first kappa shape index (κ1) is 15.8. The smallest absolute Gasteiger partial charge is 0.0109 e. The summed E-state index contributed by atoms with van der Waals surface area (Å²) in [7, 11) is 0. The van der Waals surface area contributed by atoms with Crippen LogP contribution in [0.1, 0.15) is 67.3 Å². The van der Waals surface area contributed by atoms with E-state index >= 15 is 0 Å². The van der Waals surface area contributed by atoms with Crippen LogP contribution < -0.4 is 0 Å². The van der Waals surface area contributed by atoms with Crippen molar-refractivity contribution in [1.29, 1.82) is 0 Å². The van der Waals surface area contributed by atoms with Gasteiger partial charge in [-0.25, -0.2) is 0 Å². The summed E-state index contributed by atoms with van der Waals surface area (Å²) >= 11 is 0. The molecule has 0 heteroatoms. The van der Waals surface area contributed by atoms with Crippen molar-refractivity contribution in [1.82, 2.24) is 0 Å². The van der Waals surface area contributed by atoms with Crippen LogP contribution in [-0.4, -0.2) is 0 Å². The average molecular weight is 280 g/mol. The van der Waals surface area contributed by atoms with Crippen molar-refractivity contribution in [3.8, 4) is 11.1 Å². The summed E-state index contributed by atoms with van der Waals surface area (Å²) in [6, 6.07) is 11.4. The quantitative estimate of drug-likeness (QED) is 0.600. The van der Waals surface area contributed by atoms with E-state index in [0.717, 1.165) is 0 Å². The second kappa shape index (κ2) is 6.05. The Morgan fingerprint density at radius 1 is 0.667 bits per heavy atom. The number of aryl methyl sites for hydroxylation is 3. The van der Waals surface area contributed by atoms with Crippen molar-refractivity contribution < 1.29 is 0 Å². The first-order valence-electron chi connectivity index (χ1n) is 8.04. The van der Waals surface area contributed by atoms with Gasteiger partial charge in [-0.05, 0) is 66.0 Å². The molecular weight excluding hydrogens is 252 g/mol. The molecule has 0 spiro atoms. The molecule has 21 heavy (non-hydrogen) atoms. The van der Waals surface area contributed by atoms with Gasteiger partial charge in [0, 0.05) is 0 Å². The van der Waals surface area contributed by atoms with E-state index in [-0.39, 0.29) is 0 Å². The van der Waals surface area contributed by atoms with Gasteiger partial charge >= 0.3 is 0 Å². The number of hydrogen-bond donors (Lipinski definition) is 0. The van der Waals surface area contributed by atoms with Crippen LogP contribution in [0, 0.1) is 20.8 Å². The maximum Gasteiger partial charge on any atom is -0.0109 e. The molecule has 0 aliphatic carbocycles. The Hall–Kier alpha value is -1.56. The highest BCUT2D eigenvalue weighted by Gasteiger charge is 2.18. The van der Waals surface area contributed by atoms with E-state index in [9.17, 15) is 0 Å². The standard InChI is InChI=1S/C21H28/c1-13(2)18-9-8-10-19(14(3)4)21(18)20-16(6)11-15(5)12-17(20)7/h8-14H,1-7H3. The summed E-state index contributed by atoms with van der Waals surface area (Å²) in [5.41, 5.74) is 9.98. The van der Waals surface area contributed by atoms with Gasteiger partial charge in [0.15, 0.2) is 0 Å². The Labute approximate surface area is 130 Å². The summed E-state index contributed by atoms with van der Waals surface area (Å²) < 4.78 is 0. The molecule has 0 aromatic heterocycles. The minimum absolute atomic E-state index is 0.541. The lowest BCUT2D eigenvalue weighted by Crippen LogP contribution is -2.02. The van der Waals surface area contributed by atoms with Gasteiger partial charge in [0.2, 0.25) is 0 Å². The zero-order valence-electron chi connectivity index (χ0n) is 14.5. The molecule has 2 rings (SSSR count). The SMILES string of the molecule is Cc1cc(C)c(-c2c(C(C)C)cccc2C(C)C)c(C)c1. The summed E-state index contributed by atoms with van der Waals surface area (Å²) in [4.78, 5) is 0. The third kappa shape index (κ3) is 3.05. The largest absolute Gasteiger partial charge is 0.0617 e. The maximum absolute atomic E-state index is 2.31. The summed E-state index contributed by atoms with van der Waals surface area (Å²) in [5.74, 6) is 1.08. The van der Waals surface area contributed by atoms with Gasteiger partial charge in [0.1, 0.15) is 0 Å². The van der Waals surface area contributed by atoms with E-state index < -0.39 is 0 Å². The molecule has 0 unspecified atom stereocenters. The van der Waals surface area contributed by atoms with Gasteiger partial charge < -0.3 is 0 Å². The van der Waals surface area contributed by atoms with Gasteiger partial charge in [-0.15, -0.1) is 0 Å². The Morgan fingerprint density at radius 3 is 1.48 bits per heavy atom. The van der Waals surface area contributed by atoms with Crippen LogP contribution in [0.3, 0.4) is 0 Å². The highest BCUT2D eigenvalue weighted by Crippen LogP contribution is 2.39. The van der Waals surface area contributed by atoms with E-state index in [4.69, 9.17) is 0 Å².